The first-order chi connectivity index (χ1) is 12.4. The summed E-state index contributed by atoms with van der Waals surface area (Å²) in [4.78, 5) is 35.0. The topological polar surface area (TPSA) is 84.5 Å². The van der Waals surface area contributed by atoms with Crippen LogP contribution in [0.15, 0.2) is 48.5 Å². The van der Waals surface area contributed by atoms with Crippen molar-refractivity contribution in [2.75, 3.05) is 18.5 Å². The van der Waals surface area contributed by atoms with Crippen molar-refractivity contribution in [2.24, 2.45) is 0 Å². The minimum atomic E-state index is -0.739. The van der Waals surface area contributed by atoms with Gasteiger partial charge in [0.15, 0.2) is 6.61 Å². The van der Waals surface area contributed by atoms with E-state index in [-0.39, 0.29) is 24.6 Å². The quantitative estimate of drug-likeness (QED) is 0.741. The number of halogens is 1. The molecule has 0 saturated heterocycles. The number of hydrogen-bond acceptors (Lipinski definition) is 4. The van der Waals surface area contributed by atoms with Gasteiger partial charge in [0.25, 0.3) is 5.91 Å². The highest BCUT2D eigenvalue weighted by Gasteiger charge is 2.10. The molecule has 2 aromatic carbocycles. The van der Waals surface area contributed by atoms with Crippen LogP contribution in [-0.4, -0.2) is 30.9 Å². The minimum absolute atomic E-state index is 0.146. The number of aryl methyl sites for hydroxylation is 1. The summed E-state index contributed by atoms with van der Waals surface area (Å²) in [5.41, 5.74) is 1.55. The number of anilines is 1. The van der Waals surface area contributed by atoms with Crippen LogP contribution in [-0.2, 0) is 25.5 Å². The van der Waals surface area contributed by atoms with E-state index in [1.807, 2.05) is 18.2 Å². The fraction of sp³-hybridized carbons (Fsp3) is 0.211. The molecule has 0 atom stereocenters. The summed E-state index contributed by atoms with van der Waals surface area (Å²) in [5, 5.41) is 4.84. The molecule has 2 amide bonds. The van der Waals surface area contributed by atoms with E-state index in [2.05, 4.69) is 10.6 Å². The van der Waals surface area contributed by atoms with Crippen LogP contribution in [0.4, 0.5) is 10.1 Å². The van der Waals surface area contributed by atoms with Crippen LogP contribution in [0.5, 0.6) is 0 Å². The van der Waals surface area contributed by atoms with Crippen LogP contribution in [0.2, 0.25) is 0 Å². The maximum atomic E-state index is 13.4. The van der Waals surface area contributed by atoms with Crippen LogP contribution in [0.1, 0.15) is 11.1 Å². The molecule has 0 spiro atoms. The number of rotatable bonds is 7. The van der Waals surface area contributed by atoms with Gasteiger partial charge in [-0.3, -0.25) is 14.4 Å². The highest BCUT2D eigenvalue weighted by atomic mass is 19.1. The SMILES string of the molecule is Cc1ccc(NC(=O)COC(=O)CNC(=O)Cc2ccccc2)cc1F. The highest BCUT2D eigenvalue weighted by Crippen LogP contribution is 2.13. The summed E-state index contributed by atoms with van der Waals surface area (Å²) in [6, 6.07) is 13.3. The highest BCUT2D eigenvalue weighted by molar-refractivity contribution is 5.93. The van der Waals surface area contributed by atoms with Gasteiger partial charge in [0.05, 0.1) is 6.42 Å². The second-order valence-corrected chi connectivity index (χ2v) is 5.61. The van der Waals surface area contributed by atoms with Gasteiger partial charge in [-0.15, -0.1) is 0 Å². The number of amides is 2. The Morgan fingerprint density at radius 3 is 2.46 bits per heavy atom. The molecule has 6 nitrogen and oxygen atoms in total. The van der Waals surface area contributed by atoms with Crippen LogP contribution >= 0.6 is 0 Å². The van der Waals surface area contributed by atoms with Gasteiger partial charge in [-0.25, -0.2) is 4.39 Å². The van der Waals surface area contributed by atoms with E-state index < -0.39 is 24.3 Å². The Hall–Kier alpha value is -3.22. The molecule has 136 valence electrons. The first kappa shape index (κ1) is 19.1. The van der Waals surface area contributed by atoms with Gasteiger partial charge in [-0.05, 0) is 30.2 Å². The van der Waals surface area contributed by atoms with Crippen LogP contribution < -0.4 is 10.6 Å². The number of ether oxygens (including phenoxy) is 1. The lowest BCUT2D eigenvalue weighted by atomic mass is 10.1. The molecule has 0 unspecified atom stereocenters. The third kappa shape index (κ3) is 6.35. The predicted molar refractivity (Wildman–Crippen MR) is 93.9 cm³/mol. The molecule has 0 radical (unpaired) electrons. The Balaban J connectivity index is 1.68. The molecular formula is C19H19FN2O4. The molecule has 0 aliphatic carbocycles. The minimum Gasteiger partial charge on any atom is -0.454 e. The summed E-state index contributed by atoms with van der Waals surface area (Å²) in [7, 11) is 0. The maximum Gasteiger partial charge on any atom is 0.325 e. The number of carbonyl (C=O) groups excluding carboxylic acids is 3. The molecule has 0 saturated carbocycles. The zero-order chi connectivity index (χ0) is 18.9. The van der Waals surface area contributed by atoms with E-state index >= 15 is 0 Å². The van der Waals surface area contributed by atoms with Crippen LogP contribution in [0.25, 0.3) is 0 Å². The lowest BCUT2D eigenvalue weighted by Crippen LogP contribution is -2.33. The van der Waals surface area contributed by atoms with Crippen molar-refractivity contribution < 1.29 is 23.5 Å². The molecule has 2 N–H and O–H groups in total. The Kier molecular flexibility index (Phi) is 6.84. The first-order valence-corrected chi connectivity index (χ1v) is 7.96. The van der Waals surface area contributed by atoms with Gasteiger partial charge in [0, 0.05) is 5.69 Å². The predicted octanol–water partition coefficient (Wildman–Crippen LogP) is 1.97. The molecule has 7 heteroatoms. The lowest BCUT2D eigenvalue weighted by molar-refractivity contribution is -0.147. The van der Waals surface area contributed by atoms with Crippen molar-refractivity contribution in [3.05, 3.63) is 65.5 Å². The third-order valence-corrected chi connectivity index (χ3v) is 3.46. The summed E-state index contributed by atoms with van der Waals surface area (Å²) in [6.07, 6.45) is 0.146. The lowest BCUT2D eigenvalue weighted by Gasteiger charge is -2.08. The summed E-state index contributed by atoms with van der Waals surface area (Å²) < 4.78 is 18.2. The van der Waals surface area contributed by atoms with Crippen LogP contribution in [0, 0.1) is 12.7 Å². The van der Waals surface area contributed by atoms with Gasteiger partial charge in [0.2, 0.25) is 5.91 Å². The zero-order valence-electron chi connectivity index (χ0n) is 14.3. The first-order valence-electron chi connectivity index (χ1n) is 7.96. The van der Waals surface area contributed by atoms with Crippen molar-refractivity contribution in [1.29, 1.82) is 0 Å². The van der Waals surface area contributed by atoms with Crippen molar-refractivity contribution in [2.45, 2.75) is 13.3 Å². The Bertz CT molecular complexity index is 793. The number of hydrogen-bond donors (Lipinski definition) is 2. The molecule has 0 heterocycles. The number of carbonyl (C=O) groups is 3. The average Bonchev–Trinajstić information content (AvgIpc) is 2.62. The van der Waals surface area contributed by atoms with E-state index in [0.717, 1.165) is 5.56 Å². The van der Waals surface area contributed by atoms with Gasteiger partial charge >= 0.3 is 5.97 Å². The van der Waals surface area contributed by atoms with Gasteiger partial charge in [-0.1, -0.05) is 36.4 Å². The molecule has 0 aliphatic rings. The zero-order valence-corrected chi connectivity index (χ0v) is 14.3. The van der Waals surface area contributed by atoms with Crippen molar-refractivity contribution in [3.63, 3.8) is 0 Å². The van der Waals surface area contributed by atoms with Crippen molar-refractivity contribution >= 4 is 23.5 Å². The van der Waals surface area contributed by atoms with Gasteiger partial charge < -0.3 is 15.4 Å². The third-order valence-electron chi connectivity index (χ3n) is 3.46. The van der Waals surface area contributed by atoms with Gasteiger partial charge in [0.1, 0.15) is 12.4 Å². The smallest absolute Gasteiger partial charge is 0.325 e. The van der Waals surface area contributed by atoms with E-state index in [0.29, 0.717) is 5.56 Å². The van der Waals surface area contributed by atoms with E-state index in [1.165, 1.54) is 12.1 Å². The Morgan fingerprint density at radius 2 is 1.77 bits per heavy atom. The van der Waals surface area contributed by atoms with E-state index in [4.69, 9.17) is 4.74 Å². The summed E-state index contributed by atoms with van der Waals surface area (Å²) in [5.74, 6) is -2.11. The number of benzene rings is 2. The average molecular weight is 358 g/mol. The standard InChI is InChI=1S/C19H19FN2O4/c1-13-7-8-15(10-16(13)20)22-18(24)12-26-19(25)11-21-17(23)9-14-5-3-2-4-6-14/h2-8,10H,9,11-12H2,1H3,(H,21,23)(H,22,24). The summed E-state index contributed by atoms with van der Waals surface area (Å²) >= 11 is 0. The Labute approximate surface area is 150 Å². The second kappa shape index (κ2) is 9.31. The molecule has 0 bridgehead atoms. The van der Waals surface area contributed by atoms with Crippen molar-refractivity contribution in [3.8, 4) is 0 Å². The van der Waals surface area contributed by atoms with Crippen LogP contribution in [0.3, 0.4) is 0 Å². The van der Waals surface area contributed by atoms with E-state index in [9.17, 15) is 18.8 Å². The largest absolute Gasteiger partial charge is 0.454 e. The number of nitrogens with one attached hydrogen (secondary N) is 2. The number of esters is 1. The molecular weight excluding hydrogens is 339 g/mol. The maximum absolute atomic E-state index is 13.4. The van der Waals surface area contributed by atoms with E-state index in [1.54, 1.807) is 25.1 Å². The normalized spacial score (nSPS) is 10.1. The molecule has 0 fully saturated rings. The Morgan fingerprint density at radius 1 is 1.04 bits per heavy atom. The van der Waals surface area contributed by atoms with Gasteiger partial charge in [-0.2, -0.15) is 0 Å². The van der Waals surface area contributed by atoms with Crippen molar-refractivity contribution in [1.82, 2.24) is 5.32 Å². The fourth-order valence-electron chi connectivity index (χ4n) is 2.08. The monoisotopic (exact) mass is 358 g/mol. The molecule has 2 aromatic rings. The fourth-order valence-corrected chi connectivity index (χ4v) is 2.08. The summed E-state index contributed by atoms with van der Waals surface area (Å²) in [6.45, 7) is 0.746. The second-order valence-electron chi connectivity index (χ2n) is 5.61. The molecule has 0 aromatic heterocycles. The molecule has 26 heavy (non-hydrogen) atoms. The molecule has 0 aliphatic heterocycles. The molecule has 2 rings (SSSR count).